The molecule has 0 unspecified atom stereocenters. The molecular weight excluding hydrogens is 275 g/mol. The Bertz CT molecular complexity index is 340. The molecule has 1 aromatic rings. The number of hydrogen-bond acceptors (Lipinski definition) is 3. The third kappa shape index (κ3) is 4.03. The first-order valence-electron chi connectivity index (χ1n) is 4.15. The number of hydrogen-bond donors (Lipinski definition) is 1. The van der Waals surface area contributed by atoms with E-state index in [2.05, 4.69) is 25.9 Å². The zero-order valence-electron chi connectivity index (χ0n) is 7.68. The summed E-state index contributed by atoms with van der Waals surface area (Å²) in [7, 11) is 0. The molecule has 0 bridgehead atoms. The van der Waals surface area contributed by atoms with Crippen LogP contribution < -0.4 is 5.73 Å². The first-order chi connectivity index (χ1) is 6.92. The number of aromatic nitrogens is 2. The van der Waals surface area contributed by atoms with Crippen LogP contribution >= 0.6 is 15.9 Å². The fourth-order valence-electron chi connectivity index (χ4n) is 0.935. The van der Waals surface area contributed by atoms with Crippen LogP contribution in [0.4, 0.5) is 19.0 Å². The van der Waals surface area contributed by atoms with Crippen LogP contribution in [0.15, 0.2) is 6.20 Å². The average Bonchev–Trinajstić information content (AvgIpc) is 2.14. The monoisotopic (exact) mass is 283 g/mol. The van der Waals surface area contributed by atoms with Crippen molar-refractivity contribution in [1.29, 1.82) is 0 Å². The van der Waals surface area contributed by atoms with Crippen LogP contribution in [0.1, 0.15) is 17.8 Å². The van der Waals surface area contributed by atoms with Crippen molar-refractivity contribution in [2.45, 2.75) is 24.3 Å². The van der Waals surface area contributed by atoms with Crippen LogP contribution in [-0.4, -0.2) is 16.1 Å². The second kappa shape index (κ2) is 4.78. The molecule has 2 N–H and O–H groups in total. The number of nitrogens with two attached hydrogens (primary N) is 1. The number of halogens is 4. The van der Waals surface area contributed by atoms with Gasteiger partial charge in [-0.3, -0.25) is 0 Å². The normalized spacial score (nSPS) is 11.7. The van der Waals surface area contributed by atoms with Crippen molar-refractivity contribution in [1.82, 2.24) is 9.97 Å². The Morgan fingerprint density at radius 1 is 1.40 bits per heavy atom. The molecule has 1 rings (SSSR count). The summed E-state index contributed by atoms with van der Waals surface area (Å²) in [6.07, 6.45) is -3.93. The Kier molecular flexibility index (Phi) is 3.90. The molecule has 0 radical (unpaired) electrons. The van der Waals surface area contributed by atoms with Gasteiger partial charge in [0.1, 0.15) is 11.6 Å². The fraction of sp³-hybridized carbons (Fsp3) is 0.500. The molecule has 0 aliphatic rings. The quantitative estimate of drug-likeness (QED) is 0.867. The topological polar surface area (TPSA) is 51.8 Å². The zero-order valence-corrected chi connectivity index (χ0v) is 9.27. The summed E-state index contributed by atoms with van der Waals surface area (Å²) in [5, 5.41) is 0.485. The van der Waals surface area contributed by atoms with Gasteiger partial charge in [-0.1, -0.05) is 15.9 Å². The molecule has 1 heterocycles. The molecule has 0 amide bonds. The van der Waals surface area contributed by atoms with Gasteiger partial charge in [-0.15, -0.1) is 0 Å². The lowest BCUT2D eigenvalue weighted by atomic mass is 10.2. The Hall–Kier alpha value is -0.850. The van der Waals surface area contributed by atoms with Gasteiger partial charge in [-0.2, -0.15) is 13.2 Å². The summed E-state index contributed by atoms with van der Waals surface area (Å²) in [5.41, 5.74) is 6.18. The smallest absolute Gasteiger partial charge is 0.383 e. The molecule has 1 aromatic heterocycles. The van der Waals surface area contributed by atoms with Crippen molar-refractivity contribution in [2.75, 3.05) is 5.73 Å². The average molecular weight is 284 g/mol. The summed E-state index contributed by atoms with van der Waals surface area (Å²) < 4.78 is 35.7. The molecule has 0 aliphatic carbocycles. The highest BCUT2D eigenvalue weighted by atomic mass is 79.9. The van der Waals surface area contributed by atoms with Gasteiger partial charge in [0, 0.05) is 23.5 Å². The second-order valence-corrected chi connectivity index (χ2v) is 3.51. The lowest BCUT2D eigenvalue weighted by Gasteiger charge is -2.06. The van der Waals surface area contributed by atoms with Gasteiger partial charge in [0.05, 0.1) is 6.42 Å². The number of nitrogens with zero attached hydrogens (tertiary/aromatic N) is 2. The molecular formula is C8H9BrF3N3. The summed E-state index contributed by atoms with van der Waals surface area (Å²) in [4.78, 5) is 7.58. The molecule has 0 aromatic carbocycles. The maximum absolute atomic E-state index is 11.9. The molecule has 7 heteroatoms. The third-order valence-electron chi connectivity index (χ3n) is 1.72. The van der Waals surface area contributed by atoms with Crippen molar-refractivity contribution in [3.8, 4) is 0 Å². The standard InChI is InChI=1S/C8H9BrF3N3/c9-3-5-4-14-6(15-7(5)13)1-2-8(10,11)12/h4H,1-3H2,(H2,13,14,15). The number of rotatable bonds is 3. The summed E-state index contributed by atoms with van der Waals surface area (Å²) in [5.74, 6) is 0.341. The maximum atomic E-state index is 11.9. The van der Waals surface area contributed by atoms with Gasteiger partial charge in [-0.25, -0.2) is 9.97 Å². The fourth-order valence-corrected chi connectivity index (χ4v) is 1.37. The summed E-state index contributed by atoms with van der Waals surface area (Å²) in [6, 6.07) is 0. The minimum Gasteiger partial charge on any atom is -0.383 e. The Morgan fingerprint density at radius 3 is 2.53 bits per heavy atom. The van der Waals surface area contributed by atoms with E-state index in [0.717, 1.165) is 0 Å². The van der Waals surface area contributed by atoms with E-state index >= 15 is 0 Å². The molecule has 0 fully saturated rings. The van der Waals surface area contributed by atoms with Crippen LogP contribution in [0.5, 0.6) is 0 Å². The van der Waals surface area contributed by atoms with E-state index in [1.54, 1.807) is 0 Å². The minimum atomic E-state index is -4.19. The first-order valence-corrected chi connectivity index (χ1v) is 5.27. The SMILES string of the molecule is Nc1nc(CCC(F)(F)F)ncc1CBr. The Balaban J connectivity index is 2.68. The van der Waals surface area contributed by atoms with Crippen molar-refractivity contribution in [3.63, 3.8) is 0 Å². The van der Waals surface area contributed by atoms with E-state index in [1.807, 2.05) is 0 Å². The molecule has 15 heavy (non-hydrogen) atoms. The van der Waals surface area contributed by atoms with E-state index in [9.17, 15) is 13.2 Å². The number of alkyl halides is 4. The highest BCUT2D eigenvalue weighted by Crippen LogP contribution is 2.21. The molecule has 0 saturated heterocycles. The molecule has 0 saturated carbocycles. The van der Waals surface area contributed by atoms with Crippen molar-refractivity contribution >= 4 is 21.7 Å². The number of aryl methyl sites for hydroxylation is 1. The molecule has 0 atom stereocenters. The number of nitrogen functional groups attached to an aromatic ring is 1. The van der Waals surface area contributed by atoms with E-state index in [-0.39, 0.29) is 18.1 Å². The van der Waals surface area contributed by atoms with Gasteiger partial charge in [0.2, 0.25) is 0 Å². The second-order valence-electron chi connectivity index (χ2n) is 2.95. The summed E-state index contributed by atoms with van der Waals surface area (Å²) >= 11 is 3.16. The van der Waals surface area contributed by atoms with E-state index in [4.69, 9.17) is 5.73 Å². The van der Waals surface area contributed by atoms with Crippen LogP contribution in [0.3, 0.4) is 0 Å². The zero-order chi connectivity index (χ0) is 11.5. The molecule has 0 aliphatic heterocycles. The number of anilines is 1. The van der Waals surface area contributed by atoms with Crippen LogP contribution in [-0.2, 0) is 11.8 Å². The highest BCUT2D eigenvalue weighted by molar-refractivity contribution is 9.08. The molecule has 0 spiro atoms. The van der Waals surface area contributed by atoms with Gasteiger partial charge in [-0.05, 0) is 0 Å². The van der Waals surface area contributed by atoms with Crippen LogP contribution in [0, 0.1) is 0 Å². The van der Waals surface area contributed by atoms with E-state index in [0.29, 0.717) is 10.9 Å². The van der Waals surface area contributed by atoms with Gasteiger partial charge in [0.25, 0.3) is 0 Å². The predicted molar refractivity (Wildman–Crippen MR) is 53.5 cm³/mol. The molecule has 84 valence electrons. The van der Waals surface area contributed by atoms with Crippen molar-refractivity contribution in [2.24, 2.45) is 0 Å². The van der Waals surface area contributed by atoms with Gasteiger partial charge in [0.15, 0.2) is 0 Å². The highest BCUT2D eigenvalue weighted by Gasteiger charge is 2.27. The minimum absolute atomic E-state index is 0.120. The van der Waals surface area contributed by atoms with E-state index < -0.39 is 12.6 Å². The Morgan fingerprint density at radius 2 is 2.07 bits per heavy atom. The Labute approximate surface area is 93.0 Å². The summed E-state index contributed by atoms with van der Waals surface area (Å²) in [6.45, 7) is 0. The third-order valence-corrected chi connectivity index (χ3v) is 2.33. The van der Waals surface area contributed by atoms with Crippen molar-refractivity contribution < 1.29 is 13.2 Å². The first kappa shape index (κ1) is 12.2. The van der Waals surface area contributed by atoms with Gasteiger partial charge >= 0.3 is 6.18 Å². The van der Waals surface area contributed by atoms with Crippen LogP contribution in [0.25, 0.3) is 0 Å². The molecule has 3 nitrogen and oxygen atoms in total. The van der Waals surface area contributed by atoms with Crippen LogP contribution in [0.2, 0.25) is 0 Å². The maximum Gasteiger partial charge on any atom is 0.389 e. The predicted octanol–water partition coefficient (Wildman–Crippen LogP) is 2.45. The van der Waals surface area contributed by atoms with E-state index in [1.165, 1.54) is 6.20 Å². The van der Waals surface area contributed by atoms with Gasteiger partial charge < -0.3 is 5.73 Å². The largest absolute Gasteiger partial charge is 0.389 e. The lowest BCUT2D eigenvalue weighted by molar-refractivity contribution is -0.134. The lowest BCUT2D eigenvalue weighted by Crippen LogP contribution is -2.11. The van der Waals surface area contributed by atoms with Crippen molar-refractivity contribution in [3.05, 3.63) is 17.6 Å².